The van der Waals surface area contributed by atoms with Gasteiger partial charge in [-0.1, -0.05) is 226 Å². The highest BCUT2D eigenvalue weighted by Gasteiger charge is 2.26. The average Bonchev–Trinajstić information content (AvgIpc) is 3.19. The number of aliphatic hydroxyl groups excluding tert-OH is 2. The molecule has 0 saturated heterocycles. The molecule has 9 nitrogen and oxygen atoms in total. The minimum Gasteiger partial charge on any atom is -0.457 e. The molecule has 1 unspecified atom stereocenters. The van der Waals surface area contributed by atoms with Crippen LogP contribution in [-0.2, 0) is 27.9 Å². The van der Waals surface area contributed by atoms with Gasteiger partial charge in [-0.15, -0.1) is 0 Å². The van der Waals surface area contributed by atoms with E-state index >= 15 is 0 Å². The molecule has 0 aromatic heterocycles. The summed E-state index contributed by atoms with van der Waals surface area (Å²) in [6.45, 7) is 3.59. The van der Waals surface area contributed by atoms with Crippen molar-refractivity contribution in [2.45, 2.75) is 257 Å². The lowest BCUT2D eigenvalue weighted by Gasteiger charge is -2.20. The highest BCUT2D eigenvalue weighted by molar-refractivity contribution is 7.47. The lowest BCUT2D eigenvalue weighted by molar-refractivity contribution is -0.154. The molecular formula is C46H93O9P. The van der Waals surface area contributed by atoms with Crippen LogP contribution in [0.4, 0.5) is 0 Å². The Morgan fingerprint density at radius 2 is 0.804 bits per heavy atom. The maximum atomic E-state index is 12.6. The van der Waals surface area contributed by atoms with Crippen molar-refractivity contribution in [1.29, 1.82) is 0 Å². The van der Waals surface area contributed by atoms with Gasteiger partial charge in [-0.05, 0) is 12.8 Å². The summed E-state index contributed by atoms with van der Waals surface area (Å²) in [5.74, 6) is -0.374. The molecule has 0 aromatic rings. The quantitative estimate of drug-likeness (QED) is 0.0312. The van der Waals surface area contributed by atoms with Crippen LogP contribution in [-0.4, -0.2) is 66.3 Å². The van der Waals surface area contributed by atoms with E-state index in [4.69, 9.17) is 23.6 Å². The Balaban J connectivity index is 4.05. The molecule has 0 aliphatic rings. The van der Waals surface area contributed by atoms with E-state index in [2.05, 4.69) is 13.8 Å². The van der Waals surface area contributed by atoms with E-state index in [1.54, 1.807) is 0 Å². The fraction of sp³-hybridized carbons (Fsp3) is 0.978. The molecule has 0 heterocycles. The van der Waals surface area contributed by atoms with Gasteiger partial charge < -0.3 is 24.6 Å². The van der Waals surface area contributed by atoms with Crippen LogP contribution in [0.1, 0.15) is 245 Å². The Kier molecular flexibility index (Phi) is 43.6. The highest BCUT2D eigenvalue weighted by atomic mass is 31.2. The molecule has 0 aromatic carbocycles. The predicted octanol–water partition coefficient (Wildman–Crippen LogP) is 13.5. The topological polar surface area (TPSA) is 132 Å². The molecule has 0 aliphatic carbocycles. The summed E-state index contributed by atoms with van der Waals surface area (Å²) in [6, 6.07) is 0. The van der Waals surface area contributed by atoms with Crippen LogP contribution < -0.4 is 0 Å². The van der Waals surface area contributed by atoms with Crippen LogP contribution in [0, 0.1) is 0 Å². The third-order valence-electron chi connectivity index (χ3n) is 10.8. The van der Waals surface area contributed by atoms with Gasteiger partial charge in [0.25, 0.3) is 0 Å². The van der Waals surface area contributed by atoms with Gasteiger partial charge in [0.05, 0.1) is 26.4 Å². The van der Waals surface area contributed by atoms with Crippen LogP contribution in [0.5, 0.6) is 0 Å². The summed E-state index contributed by atoms with van der Waals surface area (Å²) in [7, 11) is -4.51. The Bertz CT molecular complexity index is 845. The maximum absolute atomic E-state index is 12.6. The second-order valence-corrected chi connectivity index (χ2v) is 18.0. The molecule has 56 heavy (non-hydrogen) atoms. The summed E-state index contributed by atoms with van der Waals surface area (Å²) >= 11 is 0. The third-order valence-corrected chi connectivity index (χ3v) is 11.7. The number of hydrogen-bond donors (Lipinski definition) is 3. The summed E-state index contributed by atoms with van der Waals surface area (Å²) < 4.78 is 33.5. The minimum absolute atomic E-state index is 0.0585. The number of aliphatic hydroxyl groups is 2. The van der Waals surface area contributed by atoms with Crippen molar-refractivity contribution in [3.8, 4) is 0 Å². The molecule has 0 saturated carbocycles. The molecule has 0 amide bonds. The van der Waals surface area contributed by atoms with Gasteiger partial charge in [0.15, 0.2) is 0 Å². The van der Waals surface area contributed by atoms with E-state index < -0.39 is 33.2 Å². The van der Waals surface area contributed by atoms with Gasteiger partial charge in [-0.25, -0.2) is 4.57 Å². The van der Waals surface area contributed by atoms with Crippen LogP contribution >= 0.6 is 7.82 Å². The zero-order valence-corrected chi connectivity index (χ0v) is 37.8. The fourth-order valence-corrected chi connectivity index (χ4v) is 7.91. The van der Waals surface area contributed by atoms with Crippen LogP contribution in [0.3, 0.4) is 0 Å². The number of carbonyl (C=O) groups excluding carboxylic acids is 1. The molecule has 0 spiro atoms. The van der Waals surface area contributed by atoms with Gasteiger partial charge in [0.2, 0.25) is 0 Å². The zero-order chi connectivity index (χ0) is 41.1. The van der Waals surface area contributed by atoms with E-state index in [-0.39, 0.29) is 25.6 Å². The molecule has 3 N–H and O–H groups in total. The molecule has 0 fully saturated rings. The molecule has 0 rings (SSSR count). The second-order valence-electron chi connectivity index (χ2n) is 16.5. The summed E-state index contributed by atoms with van der Waals surface area (Å²) in [4.78, 5) is 22.6. The number of phosphoric ester groups is 1. The first-order chi connectivity index (χ1) is 27.3. The molecule has 0 bridgehead atoms. The first-order valence-electron chi connectivity index (χ1n) is 24.0. The Morgan fingerprint density at radius 3 is 1.16 bits per heavy atom. The van der Waals surface area contributed by atoms with Crippen molar-refractivity contribution in [3.05, 3.63) is 0 Å². The van der Waals surface area contributed by atoms with Gasteiger partial charge >= 0.3 is 13.8 Å². The highest BCUT2D eigenvalue weighted by Crippen LogP contribution is 2.43. The van der Waals surface area contributed by atoms with Crippen molar-refractivity contribution in [2.24, 2.45) is 0 Å². The Morgan fingerprint density at radius 1 is 0.482 bits per heavy atom. The summed E-state index contributed by atoms with van der Waals surface area (Å²) in [5.41, 5.74) is 0. The van der Waals surface area contributed by atoms with Gasteiger partial charge in [-0.2, -0.15) is 0 Å². The fourth-order valence-electron chi connectivity index (χ4n) is 7.12. The maximum Gasteiger partial charge on any atom is 0.472 e. The van der Waals surface area contributed by atoms with Gasteiger partial charge in [0.1, 0.15) is 12.2 Å². The number of phosphoric acid groups is 1. The smallest absolute Gasteiger partial charge is 0.457 e. The lowest BCUT2D eigenvalue weighted by Crippen LogP contribution is -2.29. The monoisotopic (exact) mass is 821 g/mol. The number of rotatable bonds is 47. The molecule has 336 valence electrons. The van der Waals surface area contributed by atoms with E-state index in [0.717, 1.165) is 32.1 Å². The number of unbranched alkanes of at least 4 members (excludes halogenated alkanes) is 33. The Hall–Kier alpha value is -0.540. The third kappa shape index (κ3) is 43.0. The van der Waals surface area contributed by atoms with E-state index in [0.29, 0.717) is 6.61 Å². The predicted molar refractivity (Wildman–Crippen MR) is 233 cm³/mol. The normalized spacial score (nSPS) is 13.9. The second kappa shape index (κ2) is 44.0. The first-order valence-corrected chi connectivity index (χ1v) is 25.5. The average molecular weight is 821 g/mol. The number of ether oxygens (including phenoxy) is 2. The molecular weight excluding hydrogens is 727 g/mol. The minimum atomic E-state index is -4.51. The molecule has 10 heteroatoms. The number of esters is 1. The van der Waals surface area contributed by atoms with Crippen LogP contribution in [0.15, 0.2) is 0 Å². The van der Waals surface area contributed by atoms with Gasteiger partial charge in [0, 0.05) is 13.0 Å². The largest absolute Gasteiger partial charge is 0.472 e. The SMILES string of the molecule is CCCCCCCCCCCCCCCCCCCCCC(=O)O[C@H](COCCCCCCCCCCCCCCCCCC)COP(=O)(O)OC[C@@H](O)CO. The zero-order valence-electron chi connectivity index (χ0n) is 36.9. The molecule has 3 atom stereocenters. The number of carbonyl (C=O) groups is 1. The standard InChI is InChI=1S/C46H93O9P/c1-3-5-7-9-11-13-15-17-19-21-22-23-24-26-28-30-32-34-36-38-46(49)55-45(43-54-56(50,51)53-41-44(48)40-47)42-52-39-37-35-33-31-29-27-25-20-18-16-14-12-10-8-6-4-2/h44-45,47-48H,3-43H2,1-2H3,(H,50,51)/t44-,45+/m0/s1. The van der Waals surface area contributed by atoms with Crippen LogP contribution in [0.2, 0.25) is 0 Å². The van der Waals surface area contributed by atoms with E-state index in [9.17, 15) is 19.4 Å². The molecule has 0 radical (unpaired) electrons. The lowest BCUT2D eigenvalue weighted by atomic mass is 10.0. The number of hydrogen-bond acceptors (Lipinski definition) is 8. The summed E-state index contributed by atoms with van der Waals surface area (Å²) in [5, 5.41) is 18.4. The van der Waals surface area contributed by atoms with Gasteiger partial charge in [-0.3, -0.25) is 13.8 Å². The van der Waals surface area contributed by atoms with Crippen molar-refractivity contribution >= 4 is 13.8 Å². The van der Waals surface area contributed by atoms with Crippen LogP contribution in [0.25, 0.3) is 0 Å². The van der Waals surface area contributed by atoms with Crippen molar-refractivity contribution in [1.82, 2.24) is 0 Å². The molecule has 0 aliphatic heterocycles. The van der Waals surface area contributed by atoms with Crippen molar-refractivity contribution in [3.63, 3.8) is 0 Å². The van der Waals surface area contributed by atoms with Crippen molar-refractivity contribution < 1.29 is 43.0 Å². The van der Waals surface area contributed by atoms with Crippen molar-refractivity contribution in [2.75, 3.05) is 33.0 Å². The van der Waals surface area contributed by atoms with E-state index in [1.165, 1.54) is 193 Å². The van der Waals surface area contributed by atoms with E-state index in [1.807, 2.05) is 0 Å². The first kappa shape index (κ1) is 55.5. The Labute approximate surface area is 346 Å². The summed E-state index contributed by atoms with van der Waals surface area (Å²) in [6.07, 6.45) is 43.5.